The van der Waals surface area contributed by atoms with E-state index >= 15 is 0 Å². The first kappa shape index (κ1) is 18.1. The normalized spacial score (nSPS) is 14.8. The first-order valence-corrected chi connectivity index (χ1v) is 8.86. The summed E-state index contributed by atoms with van der Waals surface area (Å²) in [5.41, 5.74) is 3.61. The molecule has 1 aromatic carbocycles. The molecule has 1 aliphatic carbocycles. The third-order valence-corrected chi connectivity index (χ3v) is 4.00. The Kier molecular flexibility index (Phi) is 7.34. The van der Waals surface area contributed by atoms with E-state index in [4.69, 9.17) is 0 Å². The molecule has 3 heteroatoms. The number of benzene rings is 1. The molecule has 0 aromatic heterocycles. The average Bonchev–Trinajstić information content (AvgIpc) is 2.61. The van der Waals surface area contributed by atoms with Gasteiger partial charge in [0.2, 0.25) is 0 Å². The van der Waals surface area contributed by atoms with Gasteiger partial charge in [-0.2, -0.15) is 10.2 Å². The summed E-state index contributed by atoms with van der Waals surface area (Å²) < 4.78 is 0. The third-order valence-electron chi connectivity index (χ3n) is 4.00. The number of azo groups is 1. The van der Waals surface area contributed by atoms with Crippen molar-refractivity contribution in [2.24, 2.45) is 10.2 Å². The minimum Gasteiger partial charge on any atom is -0.289 e. The molecule has 0 spiro atoms. The molecule has 2 rings (SSSR count). The lowest BCUT2D eigenvalue weighted by molar-refractivity contribution is -0.112. The number of hydrogen-bond donors (Lipinski definition) is 0. The molecule has 0 amide bonds. The Morgan fingerprint density at radius 3 is 2.04 bits per heavy atom. The molecule has 0 atom stereocenters. The van der Waals surface area contributed by atoms with Crippen LogP contribution >= 0.6 is 0 Å². The van der Waals surface area contributed by atoms with Crippen LogP contribution in [-0.2, 0) is 4.79 Å². The third kappa shape index (κ3) is 5.41. The lowest BCUT2D eigenvalue weighted by Gasteiger charge is -2.15. The second-order valence-corrected chi connectivity index (χ2v) is 6.06. The fourth-order valence-electron chi connectivity index (χ4n) is 2.62. The second-order valence-electron chi connectivity index (χ2n) is 6.06. The van der Waals surface area contributed by atoms with Crippen molar-refractivity contribution in [3.63, 3.8) is 0 Å². The zero-order valence-corrected chi connectivity index (χ0v) is 14.7. The molecule has 0 bridgehead atoms. The van der Waals surface area contributed by atoms with E-state index < -0.39 is 0 Å². The van der Waals surface area contributed by atoms with E-state index in [1.807, 2.05) is 42.5 Å². The van der Waals surface area contributed by atoms with Crippen molar-refractivity contribution in [3.8, 4) is 0 Å². The molecule has 0 radical (unpaired) electrons. The summed E-state index contributed by atoms with van der Waals surface area (Å²) in [6, 6.07) is 9.66. The van der Waals surface area contributed by atoms with Crippen molar-refractivity contribution in [1.29, 1.82) is 0 Å². The molecule has 24 heavy (non-hydrogen) atoms. The van der Waals surface area contributed by atoms with Crippen LogP contribution in [0.1, 0.15) is 52.4 Å². The summed E-state index contributed by atoms with van der Waals surface area (Å²) in [7, 11) is 0. The van der Waals surface area contributed by atoms with Gasteiger partial charge in [0.1, 0.15) is 0 Å². The maximum Gasteiger partial charge on any atom is 0.185 e. The standard InChI is InChI=1S/C21H26N2O/c1-3-5-10-18-14-17(15-19(21(18)24)11-6-4-2)16-22-23-20-12-8-7-9-13-20/h7-9,12-16H,3-6,10-11H2,1-2H3. The molecule has 1 aromatic rings. The molecule has 0 saturated heterocycles. The van der Waals surface area contributed by atoms with E-state index in [2.05, 4.69) is 24.1 Å². The van der Waals surface area contributed by atoms with Crippen LogP contribution in [0, 0.1) is 0 Å². The van der Waals surface area contributed by atoms with Gasteiger partial charge in [0.25, 0.3) is 0 Å². The van der Waals surface area contributed by atoms with Crippen LogP contribution in [0.2, 0.25) is 0 Å². The highest BCUT2D eigenvalue weighted by molar-refractivity contribution is 6.10. The maximum atomic E-state index is 12.6. The highest BCUT2D eigenvalue weighted by atomic mass is 16.1. The Hall–Kier alpha value is -2.29. The van der Waals surface area contributed by atoms with E-state index in [1.54, 1.807) is 6.20 Å². The number of allylic oxidation sites excluding steroid dienone is 5. The Bertz CT molecular complexity index is 636. The first-order chi connectivity index (χ1) is 11.7. The smallest absolute Gasteiger partial charge is 0.185 e. The van der Waals surface area contributed by atoms with Crippen molar-refractivity contribution in [3.05, 3.63) is 65.4 Å². The molecule has 0 saturated carbocycles. The summed E-state index contributed by atoms with van der Waals surface area (Å²) >= 11 is 0. The van der Waals surface area contributed by atoms with Gasteiger partial charge in [-0.25, -0.2) is 0 Å². The number of carbonyl (C=O) groups is 1. The van der Waals surface area contributed by atoms with Crippen LogP contribution < -0.4 is 0 Å². The Balaban J connectivity index is 2.18. The number of ketones is 1. The lowest BCUT2D eigenvalue weighted by Crippen LogP contribution is -2.11. The summed E-state index contributed by atoms with van der Waals surface area (Å²) in [6.07, 6.45) is 11.6. The van der Waals surface area contributed by atoms with Crippen molar-refractivity contribution < 1.29 is 4.79 Å². The number of carbonyl (C=O) groups excluding carboxylic acids is 1. The van der Waals surface area contributed by atoms with Gasteiger partial charge in [-0.1, -0.05) is 44.9 Å². The number of Topliss-reactive ketones (excluding diaryl/α,β-unsaturated/α-hetero) is 1. The van der Waals surface area contributed by atoms with Crippen LogP contribution in [0.4, 0.5) is 5.69 Å². The number of unbranched alkanes of at least 4 members (excludes halogenated alkanes) is 2. The maximum absolute atomic E-state index is 12.6. The first-order valence-electron chi connectivity index (χ1n) is 8.86. The van der Waals surface area contributed by atoms with Gasteiger partial charge in [-0.05, 0) is 55.5 Å². The molecular weight excluding hydrogens is 296 g/mol. The van der Waals surface area contributed by atoms with E-state index in [0.29, 0.717) is 0 Å². The van der Waals surface area contributed by atoms with Gasteiger partial charge in [-0.15, -0.1) is 0 Å². The Morgan fingerprint density at radius 1 is 0.917 bits per heavy atom. The Morgan fingerprint density at radius 2 is 1.50 bits per heavy atom. The second kappa shape index (κ2) is 9.76. The average molecular weight is 322 g/mol. The lowest BCUT2D eigenvalue weighted by atomic mass is 9.88. The molecule has 0 fully saturated rings. The van der Waals surface area contributed by atoms with Crippen LogP contribution in [0.25, 0.3) is 0 Å². The van der Waals surface area contributed by atoms with Gasteiger partial charge in [0.05, 0.1) is 11.9 Å². The van der Waals surface area contributed by atoms with Gasteiger partial charge < -0.3 is 0 Å². The minimum absolute atomic E-state index is 0.217. The molecule has 0 aliphatic heterocycles. The molecule has 126 valence electrons. The van der Waals surface area contributed by atoms with Crippen molar-refractivity contribution in [2.75, 3.05) is 0 Å². The Labute approximate surface area is 144 Å². The molecule has 0 unspecified atom stereocenters. The van der Waals surface area contributed by atoms with E-state index in [9.17, 15) is 4.79 Å². The monoisotopic (exact) mass is 322 g/mol. The minimum atomic E-state index is 0.217. The van der Waals surface area contributed by atoms with Gasteiger partial charge in [-0.3, -0.25) is 4.79 Å². The summed E-state index contributed by atoms with van der Waals surface area (Å²) in [5.74, 6) is 0.217. The predicted octanol–water partition coefficient (Wildman–Crippen LogP) is 6.47. The summed E-state index contributed by atoms with van der Waals surface area (Å²) in [4.78, 5) is 12.6. The number of nitrogens with zero attached hydrogens (tertiary/aromatic N) is 2. The zero-order valence-electron chi connectivity index (χ0n) is 14.7. The highest BCUT2D eigenvalue weighted by Gasteiger charge is 2.19. The highest BCUT2D eigenvalue weighted by Crippen LogP contribution is 2.26. The number of hydrogen-bond acceptors (Lipinski definition) is 3. The fraction of sp³-hybridized carbons (Fsp3) is 0.381. The molecule has 3 nitrogen and oxygen atoms in total. The van der Waals surface area contributed by atoms with Crippen molar-refractivity contribution in [2.45, 2.75) is 52.4 Å². The predicted molar refractivity (Wildman–Crippen MR) is 99.3 cm³/mol. The zero-order chi connectivity index (χ0) is 17.2. The molecule has 1 aliphatic rings. The van der Waals surface area contributed by atoms with E-state index in [1.165, 1.54) is 0 Å². The van der Waals surface area contributed by atoms with E-state index in [0.717, 1.165) is 60.9 Å². The van der Waals surface area contributed by atoms with Gasteiger partial charge in [0.15, 0.2) is 5.78 Å². The molecule has 0 heterocycles. The largest absolute Gasteiger partial charge is 0.289 e. The summed E-state index contributed by atoms with van der Waals surface area (Å²) in [6.45, 7) is 4.29. The van der Waals surface area contributed by atoms with Crippen molar-refractivity contribution >= 4 is 11.5 Å². The molecular formula is C21H26N2O. The van der Waals surface area contributed by atoms with Crippen LogP contribution in [0.15, 0.2) is 75.6 Å². The fourth-order valence-corrected chi connectivity index (χ4v) is 2.62. The summed E-state index contributed by atoms with van der Waals surface area (Å²) in [5, 5.41) is 8.38. The van der Waals surface area contributed by atoms with E-state index in [-0.39, 0.29) is 5.78 Å². The quantitative estimate of drug-likeness (QED) is 0.506. The van der Waals surface area contributed by atoms with Crippen LogP contribution in [0.5, 0.6) is 0 Å². The van der Waals surface area contributed by atoms with Crippen LogP contribution in [0.3, 0.4) is 0 Å². The SMILES string of the molecule is CCCCC1=CC(=CN=Nc2ccccc2)C=C(CCCC)C1=O. The number of rotatable bonds is 8. The van der Waals surface area contributed by atoms with Crippen LogP contribution in [-0.4, -0.2) is 5.78 Å². The molecule has 0 N–H and O–H groups in total. The van der Waals surface area contributed by atoms with Gasteiger partial charge in [0, 0.05) is 11.1 Å². The van der Waals surface area contributed by atoms with Crippen molar-refractivity contribution in [1.82, 2.24) is 0 Å². The topological polar surface area (TPSA) is 41.8 Å². The van der Waals surface area contributed by atoms with Gasteiger partial charge >= 0.3 is 0 Å².